The number of carboxylic acid groups (broad SMARTS) is 1. The van der Waals surface area contributed by atoms with E-state index in [2.05, 4.69) is 25.3 Å². The normalized spacial score (nSPS) is 14.4. The van der Waals surface area contributed by atoms with Crippen LogP contribution in [0.5, 0.6) is 0 Å². The van der Waals surface area contributed by atoms with Crippen molar-refractivity contribution in [3.8, 4) is 11.3 Å². The number of nitrogens with zero attached hydrogens (tertiary/aromatic N) is 3. The zero-order chi connectivity index (χ0) is 17.4. The first-order valence-electron chi connectivity index (χ1n) is 7.92. The summed E-state index contributed by atoms with van der Waals surface area (Å²) in [6.07, 6.45) is 2.44. The highest BCUT2D eigenvalue weighted by atomic mass is 19.1. The van der Waals surface area contributed by atoms with Crippen LogP contribution in [0.15, 0.2) is 30.5 Å². The van der Waals surface area contributed by atoms with Crippen LogP contribution < -0.4 is 0 Å². The van der Waals surface area contributed by atoms with Crippen molar-refractivity contribution < 1.29 is 14.3 Å². The highest BCUT2D eigenvalue weighted by Gasteiger charge is 2.25. The summed E-state index contributed by atoms with van der Waals surface area (Å²) >= 11 is 0. The molecule has 1 aliphatic heterocycles. The summed E-state index contributed by atoms with van der Waals surface area (Å²) in [5.74, 6) is -1.33. The first-order chi connectivity index (χ1) is 12.1. The summed E-state index contributed by atoms with van der Waals surface area (Å²) < 4.78 is 13.5. The third-order valence-electron chi connectivity index (χ3n) is 4.44. The molecule has 0 saturated heterocycles. The molecule has 0 radical (unpaired) electrons. The van der Waals surface area contributed by atoms with E-state index in [9.17, 15) is 14.3 Å². The predicted octanol–water partition coefficient (Wildman–Crippen LogP) is 2.20. The van der Waals surface area contributed by atoms with E-state index >= 15 is 0 Å². The number of carboxylic acids is 1. The topological polar surface area (TPSA) is 97.9 Å². The summed E-state index contributed by atoms with van der Waals surface area (Å²) in [6, 6.07) is 6.35. The Morgan fingerprint density at radius 2 is 2.24 bits per heavy atom. The molecule has 0 saturated carbocycles. The molecule has 3 N–H and O–H groups in total. The lowest BCUT2D eigenvalue weighted by atomic mass is 10.0. The SMILES string of the molecule is O=C(O)c1n[nH]c2c1CN(Cc1cn[nH]c1-c1cccc(F)c1)CC2. The maximum atomic E-state index is 13.5. The van der Waals surface area contributed by atoms with Crippen LogP contribution in [0.25, 0.3) is 11.3 Å². The Hall–Kier alpha value is -3.00. The number of benzene rings is 1. The Bertz CT molecular complexity index is 933. The second-order valence-electron chi connectivity index (χ2n) is 6.08. The number of nitrogens with one attached hydrogen (secondary N) is 2. The van der Waals surface area contributed by atoms with Gasteiger partial charge in [0, 0.05) is 48.4 Å². The van der Waals surface area contributed by atoms with Gasteiger partial charge in [-0.15, -0.1) is 0 Å². The number of fused-ring (bicyclic) bond motifs is 1. The number of rotatable bonds is 4. The molecule has 128 valence electrons. The van der Waals surface area contributed by atoms with E-state index in [-0.39, 0.29) is 11.5 Å². The number of carbonyl (C=O) groups is 1. The van der Waals surface area contributed by atoms with E-state index in [1.54, 1.807) is 12.3 Å². The van der Waals surface area contributed by atoms with Crippen LogP contribution in [0.2, 0.25) is 0 Å². The molecule has 7 nitrogen and oxygen atoms in total. The van der Waals surface area contributed by atoms with Crippen molar-refractivity contribution in [1.29, 1.82) is 0 Å². The molecule has 0 spiro atoms. The molecule has 0 bridgehead atoms. The monoisotopic (exact) mass is 341 g/mol. The van der Waals surface area contributed by atoms with Gasteiger partial charge in [0.15, 0.2) is 5.69 Å². The van der Waals surface area contributed by atoms with Crippen molar-refractivity contribution in [2.75, 3.05) is 6.54 Å². The van der Waals surface area contributed by atoms with E-state index in [0.29, 0.717) is 19.5 Å². The largest absolute Gasteiger partial charge is 0.476 e. The third kappa shape index (κ3) is 2.91. The predicted molar refractivity (Wildman–Crippen MR) is 87.3 cm³/mol. The maximum absolute atomic E-state index is 13.5. The number of aromatic amines is 2. The van der Waals surface area contributed by atoms with Crippen molar-refractivity contribution in [3.63, 3.8) is 0 Å². The lowest BCUT2D eigenvalue weighted by molar-refractivity contribution is 0.0687. The molecule has 1 aromatic carbocycles. The van der Waals surface area contributed by atoms with Crippen LogP contribution in [0.4, 0.5) is 4.39 Å². The van der Waals surface area contributed by atoms with Crippen LogP contribution in [0.3, 0.4) is 0 Å². The Balaban J connectivity index is 1.57. The van der Waals surface area contributed by atoms with Gasteiger partial charge in [-0.2, -0.15) is 10.2 Å². The minimum Gasteiger partial charge on any atom is -0.476 e. The van der Waals surface area contributed by atoms with Crippen molar-refractivity contribution in [1.82, 2.24) is 25.3 Å². The molecular formula is C17H16FN5O2. The van der Waals surface area contributed by atoms with Gasteiger partial charge in [-0.05, 0) is 12.1 Å². The zero-order valence-corrected chi connectivity index (χ0v) is 13.3. The standard InChI is InChI=1S/C17H16FN5O2/c18-12-3-1-2-10(6-12)15-11(7-19-21-15)8-23-5-4-14-13(9-23)16(17(24)25)22-20-14/h1-3,6-7H,4-5,8-9H2,(H,19,21)(H,20,22)(H,24,25). The van der Waals surface area contributed by atoms with Gasteiger partial charge in [-0.3, -0.25) is 15.1 Å². The minimum atomic E-state index is -1.02. The Kier molecular flexibility index (Phi) is 3.81. The number of aromatic nitrogens is 4. The van der Waals surface area contributed by atoms with Crippen LogP contribution in [0.1, 0.15) is 27.3 Å². The maximum Gasteiger partial charge on any atom is 0.356 e. The van der Waals surface area contributed by atoms with Crippen LogP contribution >= 0.6 is 0 Å². The average Bonchev–Trinajstić information content (AvgIpc) is 3.21. The molecule has 2 aromatic heterocycles. The van der Waals surface area contributed by atoms with Crippen LogP contribution in [-0.2, 0) is 19.5 Å². The quantitative estimate of drug-likeness (QED) is 0.676. The van der Waals surface area contributed by atoms with Crippen molar-refractivity contribution in [2.45, 2.75) is 19.5 Å². The fraction of sp³-hybridized carbons (Fsp3) is 0.235. The number of hydrogen-bond acceptors (Lipinski definition) is 4. The van der Waals surface area contributed by atoms with E-state index < -0.39 is 5.97 Å². The van der Waals surface area contributed by atoms with Crippen molar-refractivity contribution in [3.05, 3.63) is 58.8 Å². The zero-order valence-electron chi connectivity index (χ0n) is 13.3. The molecule has 0 amide bonds. The Morgan fingerprint density at radius 3 is 3.04 bits per heavy atom. The number of H-pyrrole nitrogens is 2. The highest BCUT2D eigenvalue weighted by molar-refractivity contribution is 5.87. The molecular weight excluding hydrogens is 325 g/mol. The molecule has 8 heteroatoms. The van der Waals surface area contributed by atoms with E-state index in [0.717, 1.165) is 34.6 Å². The molecule has 1 aliphatic rings. The number of aromatic carboxylic acids is 1. The minimum absolute atomic E-state index is 0.0808. The molecule has 0 atom stereocenters. The number of halogens is 1. The average molecular weight is 341 g/mol. The summed E-state index contributed by atoms with van der Waals surface area (Å²) in [7, 11) is 0. The fourth-order valence-electron chi connectivity index (χ4n) is 3.23. The fourth-order valence-corrected chi connectivity index (χ4v) is 3.23. The van der Waals surface area contributed by atoms with Crippen molar-refractivity contribution >= 4 is 5.97 Å². The van der Waals surface area contributed by atoms with Gasteiger partial charge in [-0.25, -0.2) is 9.18 Å². The number of hydrogen-bond donors (Lipinski definition) is 3. The van der Waals surface area contributed by atoms with E-state index in [1.165, 1.54) is 12.1 Å². The van der Waals surface area contributed by atoms with Gasteiger partial charge in [0.2, 0.25) is 0 Å². The lowest BCUT2D eigenvalue weighted by Gasteiger charge is -2.26. The van der Waals surface area contributed by atoms with Crippen molar-refractivity contribution in [2.24, 2.45) is 0 Å². The summed E-state index contributed by atoms with van der Waals surface area (Å²) in [6.45, 7) is 1.87. The second-order valence-corrected chi connectivity index (χ2v) is 6.08. The van der Waals surface area contributed by atoms with E-state index in [1.807, 2.05) is 6.07 Å². The molecule has 0 unspecified atom stereocenters. The highest BCUT2D eigenvalue weighted by Crippen LogP contribution is 2.26. The molecule has 3 heterocycles. The Morgan fingerprint density at radius 1 is 1.36 bits per heavy atom. The van der Waals surface area contributed by atoms with Crippen LogP contribution in [0, 0.1) is 5.82 Å². The van der Waals surface area contributed by atoms with Gasteiger partial charge in [0.1, 0.15) is 5.82 Å². The smallest absolute Gasteiger partial charge is 0.356 e. The van der Waals surface area contributed by atoms with Gasteiger partial charge in [-0.1, -0.05) is 12.1 Å². The van der Waals surface area contributed by atoms with Gasteiger partial charge in [0.05, 0.1) is 11.9 Å². The Labute approximate surface area is 142 Å². The summed E-state index contributed by atoms with van der Waals surface area (Å²) in [4.78, 5) is 13.4. The van der Waals surface area contributed by atoms with Gasteiger partial charge in [0.25, 0.3) is 0 Å². The summed E-state index contributed by atoms with van der Waals surface area (Å²) in [5, 5.41) is 23.0. The second kappa shape index (κ2) is 6.14. The van der Waals surface area contributed by atoms with Gasteiger partial charge >= 0.3 is 5.97 Å². The lowest BCUT2D eigenvalue weighted by Crippen LogP contribution is -2.30. The molecule has 4 rings (SSSR count). The van der Waals surface area contributed by atoms with Crippen LogP contribution in [-0.4, -0.2) is 42.9 Å². The third-order valence-corrected chi connectivity index (χ3v) is 4.44. The van der Waals surface area contributed by atoms with E-state index in [4.69, 9.17) is 0 Å². The molecule has 0 aliphatic carbocycles. The first-order valence-corrected chi connectivity index (χ1v) is 7.92. The first kappa shape index (κ1) is 15.5. The summed E-state index contributed by atoms with van der Waals surface area (Å²) in [5.41, 5.74) is 4.14. The molecule has 0 fully saturated rings. The van der Waals surface area contributed by atoms with Gasteiger partial charge < -0.3 is 5.11 Å². The molecule has 25 heavy (non-hydrogen) atoms. The molecule has 3 aromatic rings.